The van der Waals surface area contributed by atoms with Crippen LogP contribution in [0.1, 0.15) is 25.3 Å². The minimum absolute atomic E-state index is 0.0595. The molecular formula is C15H18ClNO2. The van der Waals surface area contributed by atoms with Gasteiger partial charge in [-0.05, 0) is 30.2 Å². The third-order valence-electron chi connectivity index (χ3n) is 3.29. The fourth-order valence-electron chi connectivity index (χ4n) is 2.29. The Labute approximate surface area is 118 Å². The summed E-state index contributed by atoms with van der Waals surface area (Å²) in [5, 5.41) is 10.7. The summed E-state index contributed by atoms with van der Waals surface area (Å²) in [6, 6.07) is 7.29. The van der Waals surface area contributed by atoms with Crippen molar-refractivity contribution >= 4 is 23.6 Å². The highest BCUT2D eigenvalue weighted by Gasteiger charge is 2.41. The van der Waals surface area contributed by atoms with E-state index in [1.165, 1.54) is 6.08 Å². The predicted molar refractivity (Wildman–Crippen MR) is 76.9 cm³/mol. The van der Waals surface area contributed by atoms with Gasteiger partial charge in [-0.15, -0.1) is 0 Å². The summed E-state index contributed by atoms with van der Waals surface area (Å²) in [5.41, 5.74) is 0.264. The third kappa shape index (κ3) is 3.58. The van der Waals surface area contributed by atoms with Crippen molar-refractivity contribution in [2.45, 2.75) is 25.4 Å². The molecule has 2 rings (SSSR count). The van der Waals surface area contributed by atoms with Gasteiger partial charge in [-0.1, -0.05) is 37.1 Å². The van der Waals surface area contributed by atoms with E-state index in [-0.39, 0.29) is 5.91 Å². The van der Waals surface area contributed by atoms with Crippen LogP contribution in [-0.2, 0) is 4.79 Å². The van der Waals surface area contributed by atoms with E-state index in [1.54, 1.807) is 23.1 Å². The molecule has 0 aromatic heterocycles. The number of hydrogen-bond acceptors (Lipinski definition) is 2. The Morgan fingerprint density at radius 2 is 2.05 bits per heavy atom. The summed E-state index contributed by atoms with van der Waals surface area (Å²) in [6.45, 7) is 2.90. The second-order valence-electron chi connectivity index (χ2n) is 5.05. The van der Waals surface area contributed by atoms with Crippen molar-refractivity contribution < 1.29 is 9.90 Å². The molecule has 1 heterocycles. The second-order valence-corrected chi connectivity index (χ2v) is 5.49. The zero-order valence-corrected chi connectivity index (χ0v) is 11.7. The van der Waals surface area contributed by atoms with Crippen molar-refractivity contribution in [2.24, 2.45) is 0 Å². The first-order chi connectivity index (χ1) is 9.02. The number of β-amino-alcohol motifs (C(OH)–C–C–N with tert-alkyl or cyclic N) is 1. The van der Waals surface area contributed by atoms with E-state index < -0.39 is 5.60 Å². The number of likely N-dealkylation sites (tertiary alicyclic amines) is 1. The van der Waals surface area contributed by atoms with Crippen LogP contribution in [0.2, 0.25) is 5.02 Å². The van der Waals surface area contributed by atoms with Crippen molar-refractivity contribution in [3.8, 4) is 0 Å². The number of aliphatic hydroxyl groups is 1. The summed E-state index contributed by atoms with van der Waals surface area (Å²) in [5.74, 6) is -0.0595. The quantitative estimate of drug-likeness (QED) is 0.861. The molecule has 0 radical (unpaired) electrons. The number of carbonyl (C=O) groups excluding carboxylic acids is 1. The maximum atomic E-state index is 11.9. The van der Waals surface area contributed by atoms with Gasteiger partial charge < -0.3 is 10.0 Å². The molecule has 0 unspecified atom stereocenters. The molecule has 1 saturated heterocycles. The Morgan fingerprint density at radius 3 is 2.63 bits per heavy atom. The van der Waals surface area contributed by atoms with Gasteiger partial charge in [0.2, 0.25) is 5.91 Å². The molecule has 1 aromatic rings. The second kappa shape index (κ2) is 5.76. The van der Waals surface area contributed by atoms with Crippen LogP contribution < -0.4 is 0 Å². The Kier molecular flexibility index (Phi) is 4.27. The van der Waals surface area contributed by atoms with E-state index in [0.717, 1.165) is 18.4 Å². The maximum absolute atomic E-state index is 11.9. The van der Waals surface area contributed by atoms with Crippen LogP contribution in [0.4, 0.5) is 0 Å². The molecule has 1 fully saturated rings. The van der Waals surface area contributed by atoms with Crippen LogP contribution in [-0.4, -0.2) is 34.6 Å². The summed E-state index contributed by atoms with van der Waals surface area (Å²) in [6.07, 6.45) is 4.97. The molecule has 1 aromatic carbocycles. The Morgan fingerprint density at radius 1 is 1.42 bits per heavy atom. The monoisotopic (exact) mass is 279 g/mol. The molecule has 19 heavy (non-hydrogen) atoms. The lowest BCUT2D eigenvalue weighted by atomic mass is 9.89. The molecule has 1 amide bonds. The minimum Gasteiger partial charge on any atom is -0.386 e. The fourth-order valence-corrected chi connectivity index (χ4v) is 2.42. The molecule has 0 aliphatic carbocycles. The van der Waals surface area contributed by atoms with Crippen molar-refractivity contribution in [3.05, 3.63) is 40.9 Å². The largest absolute Gasteiger partial charge is 0.386 e. The van der Waals surface area contributed by atoms with E-state index >= 15 is 0 Å². The highest BCUT2D eigenvalue weighted by Crippen LogP contribution is 2.25. The van der Waals surface area contributed by atoms with Crippen molar-refractivity contribution in [1.29, 1.82) is 0 Å². The molecule has 1 aliphatic rings. The summed E-state index contributed by atoms with van der Waals surface area (Å²) in [4.78, 5) is 13.5. The summed E-state index contributed by atoms with van der Waals surface area (Å²) >= 11 is 5.79. The maximum Gasteiger partial charge on any atom is 0.246 e. The number of carbonyl (C=O) groups is 1. The average molecular weight is 280 g/mol. The van der Waals surface area contributed by atoms with Crippen molar-refractivity contribution in [2.75, 3.05) is 13.1 Å². The summed E-state index contributed by atoms with van der Waals surface area (Å²) < 4.78 is 0. The van der Waals surface area contributed by atoms with E-state index in [9.17, 15) is 9.90 Å². The third-order valence-corrected chi connectivity index (χ3v) is 3.54. The number of halogens is 1. The van der Waals surface area contributed by atoms with Gasteiger partial charge in [0.1, 0.15) is 0 Å². The van der Waals surface area contributed by atoms with Crippen LogP contribution >= 0.6 is 11.6 Å². The minimum atomic E-state index is -0.668. The van der Waals surface area contributed by atoms with Gasteiger partial charge in [0.15, 0.2) is 0 Å². The molecule has 1 aliphatic heterocycles. The molecule has 102 valence electrons. The number of amides is 1. The van der Waals surface area contributed by atoms with Gasteiger partial charge in [0.05, 0.1) is 18.7 Å². The van der Waals surface area contributed by atoms with Crippen LogP contribution in [0.3, 0.4) is 0 Å². The van der Waals surface area contributed by atoms with E-state index in [2.05, 4.69) is 0 Å². The van der Waals surface area contributed by atoms with E-state index in [0.29, 0.717) is 18.1 Å². The highest BCUT2D eigenvalue weighted by molar-refractivity contribution is 6.30. The normalized spacial score (nSPS) is 17.5. The molecular weight excluding hydrogens is 262 g/mol. The Balaban J connectivity index is 1.87. The number of nitrogens with zero attached hydrogens (tertiary/aromatic N) is 1. The van der Waals surface area contributed by atoms with Gasteiger partial charge in [-0.3, -0.25) is 4.79 Å². The lowest BCUT2D eigenvalue weighted by Gasteiger charge is -2.46. The Hall–Kier alpha value is -1.32. The van der Waals surface area contributed by atoms with Gasteiger partial charge >= 0.3 is 0 Å². The SMILES string of the molecule is CCCC1(O)CN(C(=O)C=Cc2ccc(Cl)cc2)C1. The molecule has 0 atom stereocenters. The predicted octanol–water partition coefficient (Wildman–Crippen LogP) is 2.73. The van der Waals surface area contributed by atoms with Crippen molar-refractivity contribution in [1.82, 2.24) is 4.90 Å². The lowest BCUT2D eigenvalue weighted by molar-refractivity contribution is -0.151. The van der Waals surface area contributed by atoms with E-state index in [1.807, 2.05) is 19.1 Å². The molecule has 0 spiro atoms. The number of hydrogen-bond donors (Lipinski definition) is 1. The molecule has 1 N–H and O–H groups in total. The Bertz CT molecular complexity index is 475. The zero-order chi connectivity index (χ0) is 13.9. The zero-order valence-electron chi connectivity index (χ0n) is 11.0. The van der Waals surface area contributed by atoms with Gasteiger partial charge in [0.25, 0.3) is 0 Å². The topological polar surface area (TPSA) is 40.5 Å². The first-order valence-corrected chi connectivity index (χ1v) is 6.85. The van der Waals surface area contributed by atoms with Gasteiger partial charge in [-0.25, -0.2) is 0 Å². The molecule has 0 bridgehead atoms. The standard InChI is InChI=1S/C15H18ClNO2/c1-2-9-15(19)10-17(11-15)14(18)8-5-12-3-6-13(16)7-4-12/h3-8,19H,2,9-11H2,1H3. The number of benzene rings is 1. The van der Waals surface area contributed by atoms with Gasteiger partial charge in [-0.2, -0.15) is 0 Å². The average Bonchev–Trinajstić information content (AvgIpc) is 2.35. The first kappa shape index (κ1) is 14.1. The molecule has 4 heteroatoms. The first-order valence-electron chi connectivity index (χ1n) is 6.47. The lowest BCUT2D eigenvalue weighted by Crippen LogP contribution is -2.63. The van der Waals surface area contributed by atoms with Crippen molar-refractivity contribution in [3.63, 3.8) is 0 Å². The van der Waals surface area contributed by atoms with Crippen LogP contribution in [0.5, 0.6) is 0 Å². The summed E-state index contributed by atoms with van der Waals surface area (Å²) in [7, 11) is 0. The van der Waals surface area contributed by atoms with Crippen LogP contribution in [0, 0.1) is 0 Å². The molecule has 3 nitrogen and oxygen atoms in total. The van der Waals surface area contributed by atoms with Gasteiger partial charge in [0, 0.05) is 11.1 Å². The molecule has 0 saturated carbocycles. The van der Waals surface area contributed by atoms with Crippen LogP contribution in [0.25, 0.3) is 6.08 Å². The highest BCUT2D eigenvalue weighted by atomic mass is 35.5. The number of rotatable bonds is 4. The fraction of sp³-hybridized carbons (Fsp3) is 0.400. The van der Waals surface area contributed by atoms with Crippen LogP contribution in [0.15, 0.2) is 30.3 Å². The van der Waals surface area contributed by atoms with E-state index in [4.69, 9.17) is 11.6 Å². The smallest absolute Gasteiger partial charge is 0.246 e.